The quantitative estimate of drug-likeness (QED) is 0.840. The van der Waals surface area contributed by atoms with E-state index in [1.165, 1.54) is 18.3 Å². The fraction of sp³-hybridized carbons (Fsp3) is 0.182. The van der Waals surface area contributed by atoms with Crippen molar-refractivity contribution in [3.8, 4) is 0 Å². The van der Waals surface area contributed by atoms with Crippen LogP contribution < -0.4 is 11.1 Å². The molecule has 5 nitrogen and oxygen atoms in total. The number of nitrogen functional groups attached to an aromatic ring is 1. The highest BCUT2D eigenvalue weighted by molar-refractivity contribution is 7.98. The largest absolute Gasteiger partial charge is 0.384 e. The third kappa shape index (κ3) is 3.71. The normalized spacial score (nSPS) is 10.3. The van der Waals surface area contributed by atoms with Gasteiger partial charge in [-0.2, -0.15) is 0 Å². The highest BCUT2D eigenvalue weighted by Crippen LogP contribution is 2.24. The summed E-state index contributed by atoms with van der Waals surface area (Å²) in [6.45, 7) is 1.47. The van der Waals surface area contributed by atoms with Crippen LogP contribution in [0.15, 0.2) is 28.6 Å². The van der Waals surface area contributed by atoms with Crippen LogP contribution >= 0.6 is 23.1 Å². The Morgan fingerprint density at radius 2 is 2.39 bits per heavy atom. The van der Waals surface area contributed by atoms with E-state index in [1.807, 2.05) is 11.4 Å². The summed E-state index contributed by atoms with van der Waals surface area (Å²) in [4.78, 5) is 20.2. The number of anilines is 2. The van der Waals surface area contributed by atoms with Crippen LogP contribution in [0, 0.1) is 0 Å². The van der Waals surface area contributed by atoms with Gasteiger partial charge in [0.1, 0.15) is 5.82 Å². The van der Waals surface area contributed by atoms with E-state index < -0.39 is 0 Å². The number of nitrogens with two attached hydrogens (primary N) is 1. The van der Waals surface area contributed by atoms with E-state index >= 15 is 0 Å². The molecule has 2 heterocycles. The average Bonchev–Trinajstić information content (AvgIpc) is 2.75. The topological polar surface area (TPSA) is 80.9 Å². The molecule has 0 aliphatic rings. The Hall–Kier alpha value is -1.60. The molecule has 0 unspecified atom stereocenters. The van der Waals surface area contributed by atoms with Crippen molar-refractivity contribution in [2.75, 3.05) is 11.1 Å². The van der Waals surface area contributed by atoms with Crippen molar-refractivity contribution < 1.29 is 4.79 Å². The van der Waals surface area contributed by atoms with Gasteiger partial charge in [-0.3, -0.25) is 4.79 Å². The van der Waals surface area contributed by atoms with Gasteiger partial charge in [-0.05, 0) is 12.1 Å². The van der Waals surface area contributed by atoms with Crippen LogP contribution in [0.3, 0.4) is 0 Å². The molecule has 0 bridgehead atoms. The molecule has 0 fully saturated rings. The number of hydrogen-bond acceptors (Lipinski definition) is 6. The lowest BCUT2D eigenvalue weighted by atomic mass is 10.5. The van der Waals surface area contributed by atoms with Crippen LogP contribution in [0.2, 0.25) is 0 Å². The minimum atomic E-state index is -0.105. The number of aromatic nitrogens is 2. The van der Waals surface area contributed by atoms with Gasteiger partial charge >= 0.3 is 0 Å². The molecule has 1 amide bonds. The lowest BCUT2D eigenvalue weighted by Gasteiger charge is -1.99. The fourth-order valence-electron chi connectivity index (χ4n) is 1.22. The molecule has 0 aliphatic heterocycles. The highest BCUT2D eigenvalue weighted by Gasteiger charge is 2.04. The summed E-state index contributed by atoms with van der Waals surface area (Å²) in [5.41, 5.74) is 6.45. The number of nitrogens with one attached hydrogen (secondary N) is 1. The summed E-state index contributed by atoms with van der Waals surface area (Å²) in [7, 11) is 0. The standard InChI is InChI=1S/C11H12N4OS2/c1-7(16)14-11-15-8(6-18-11)5-17-9-2-3-10(12)13-4-9/h2-4,6H,5H2,1H3,(H2,12,13)(H,14,15,16). The number of thiazole rings is 1. The van der Waals surface area contributed by atoms with Gasteiger partial charge < -0.3 is 11.1 Å². The minimum Gasteiger partial charge on any atom is -0.384 e. The van der Waals surface area contributed by atoms with Crippen LogP contribution in [-0.4, -0.2) is 15.9 Å². The molecule has 7 heteroatoms. The Bertz CT molecular complexity index is 538. The van der Waals surface area contributed by atoms with Gasteiger partial charge in [-0.15, -0.1) is 23.1 Å². The molecule has 0 spiro atoms. The third-order valence-electron chi connectivity index (χ3n) is 1.98. The van der Waals surface area contributed by atoms with Gasteiger partial charge in [0.05, 0.1) is 5.69 Å². The Morgan fingerprint density at radius 3 is 3.06 bits per heavy atom. The van der Waals surface area contributed by atoms with Crippen LogP contribution in [0.25, 0.3) is 0 Å². The minimum absolute atomic E-state index is 0.105. The molecule has 0 saturated heterocycles. The Balaban J connectivity index is 1.92. The first-order valence-electron chi connectivity index (χ1n) is 5.20. The number of amides is 1. The van der Waals surface area contributed by atoms with Crippen molar-refractivity contribution in [3.63, 3.8) is 0 Å². The van der Waals surface area contributed by atoms with Crippen molar-refractivity contribution in [3.05, 3.63) is 29.4 Å². The summed E-state index contributed by atoms with van der Waals surface area (Å²) in [5, 5.41) is 5.23. The summed E-state index contributed by atoms with van der Waals surface area (Å²) in [6, 6.07) is 3.69. The zero-order valence-corrected chi connectivity index (χ0v) is 11.3. The van der Waals surface area contributed by atoms with Gasteiger partial charge in [0.2, 0.25) is 5.91 Å². The van der Waals surface area contributed by atoms with Crippen molar-refractivity contribution in [2.24, 2.45) is 0 Å². The zero-order valence-electron chi connectivity index (χ0n) is 9.71. The van der Waals surface area contributed by atoms with E-state index in [1.54, 1.807) is 24.0 Å². The predicted octanol–water partition coefficient (Wildman–Crippen LogP) is 2.37. The predicted molar refractivity (Wildman–Crippen MR) is 74.6 cm³/mol. The molecule has 2 rings (SSSR count). The first-order chi connectivity index (χ1) is 8.63. The van der Waals surface area contributed by atoms with Gasteiger partial charge in [-0.25, -0.2) is 9.97 Å². The van der Waals surface area contributed by atoms with E-state index in [2.05, 4.69) is 15.3 Å². The van der Waals surface area contributed by atoms with E-state index in [0.717, 1.165) is 16.3 Å². The van der Waals surface area contributed by atoms with Crippen LogP contribution in [0.4, 0.5) is 10.9 Å². The van der Waals surface area contributed by atoms with Crippen molar-refractivity contribution in [2.45, 2.75) is 17.6 Å². The number of hydrogen-bond donors (Lipinski definition) is 2. The zero-order chi connectivity index (χ0) is 13.0. The fourth-order valence-corrected chi connectivity index (χ4v) is 2.83. The van der Waals surface area contributed by atoms with Gasteiger partial charge in [0.25, 0.3) is 0 Å². The second-order valence-corrected chi connectivity index (χ2v) is 5.44. The maximum atomic E-state index is 10.9. The lowest BCUT2D eigenvalue weighted by Crippen LogP contribution is -2.05. The molecule has 18 heavy (non-hydrogen) atoms. The number of rotatable bonds is 4. The molecular formula is C11H12N4OS2. The van der Waals surface area contributed by atoms with Crippen molar-refractivity contribution in [1.82, 2.24) is 9.97 Å². The molecule has 94 valence electrons. The molecule has 0 aromatic carbocycles. The summed E-state index contributed by atoms with van der Waals surface area (Å²) >= 11 is 3.05. The highest BCUT2D eigenvalue weighted by atomic mass is 32.2. The molecule has 0 atom stereocenters. The molecule has 2 aromatic rings. The molecule has 2 aromatic heterocycles. The summed E-state index contributed by atoms with van der Waals surface area (Å²) in [5.74, 6) is 1.15. The second-order valence-electron chi connectivity index (χ2n) is 3.53. The van der Waals surface area contributed by atoms with E-state index in [9.17, 15) is 4.79 Å². The van der Waals surface area contributed by atoms with Gasteiger partial charge in [0.15, 0.2) is 5.13 Å². The second kappa shape index (κ2) is 5.83. The Morgan fingerprint density at radius 1 is 1.56 bits per heavy atom. The average molecular weight is 280 g/mol. The Labute approximate surface area is 113 Å². The molecule has 0 aliphatic carbocycles. The molecule has 3 N–H and O–H groups in total. The smallest absolute Gasteiger partial charge is 0.223 e. The van der Waals surface area contributed by atoms with Crippen molar-refractivity contribution in [1.29, 1.82) is 0 Å². The SMILES string of the molecule is CC(=O)Nc1nc(CSc2ccc(N)nc2)cs1. The number of pyridine rings is 1. The number of carbonyl (C=O) groups excluding carboxylic acids is 1. The van der Waals surface area contributed by atoms with Gasteiger partial charge in [-0.1, -0.05) is 0 Å². The van der Waals surface area contributed by atoms with E-state index in [-0.39, 0.29) is 5.91 Å². The number of carbonyl (C=O) groups is 1. The van der Waals surface area contributed by atoms with Gasteiger partial charge in [0, 0.05) is 29.1 Å². The monoisotopic (exact) mass is 280 g/mol. The third-order valence-corrected chi connectivity index (χ3v) is 3.80. The molecular weight excluding hydrogens is 268 g/mol. The van der Waals surface area contributed by atoms with E-state index in [0.29, 0.717) is 10.9 Å². The van der Waals surface area contributed by atoms with Crippen molar-refractivity contribution >= 4 is 40.0 Å². The van der Waals surface area contributed by atoms with Crippen LogP contribution in [0.5, 0.6) is 0 Å². The van der Waals surface area contributed by atoms with Crippen LogP contribution in [0.1, 0.15) is 12.6 Å². The lowest BCUT2D eigenvalue weighted by molar-refractivity contribution is -0.114. The molecule has 0 saturated carbocycles. The number of nitrogens with zero attached hydrogens (tertiary/aromatic N) is 2. The molecule has 0 radical (unpaired) electrons. The Kier molecular flexibility index (Phi) is 4.16. The summed E-state index contributed by atoms with van der Waals surface area (Å²) in [6.07, 6.45) is 1.74. The van der Waals surface area contributed by atoms with Crippen LogP contribution in [-0.2, 0) is 10.5 Å². The maximum absolute atomic E-state index is 10.9. The van der Waals surface area contributed by atoms with E-state index in [4.69, 9.17) is 5.73 Å². The maximum Gasteiger partial charge on any atom is 0.223 e. The number of thioether (sulfide) groups is 1. The first-order valence-corrected chi connectivity index (χ1v) is 7.06. The summed E-state index contributed by atoms with van der Waals surface area (Å²) < 4.78 is 0. The first kappa shape index (κ1) is 12.8.